The molecule has 0 bridgehead atoms. The number of para-hydroxylation sites is 1. The number of phenols is 1. The zero-order valence-electron chi connectivity index (χ0n) is 7.54. The van der Waals surface area contributed by atoms with Gasteiger partial charge in [-0.2, -0.15) is 0 Å². The molecule has 0 fully saturated rings. The van der Waals surface area contributed by atoms with Crippen LogP contribution in [0, 0.1) is 18.8 Å². The first-order chi connectivity index (χ1) is 6.25. The highest BCUT2D eigenvalue weighted by atomic mass is 16.3. The van der Waals surface area contributed by atoms with Gasteiger partial charge in [-0.3, -0.25) is 0 Å². The van der Waals surface area contributed by atoms with Crippen LogP contribution in [0.5, 0.6) is 5.75 Å². The minimum absolute atomic E-state index is 0.0551. The van der Waals surface area contributed by atoms with E-state index in [4.69, 9.17) is 5.11 Å². The van der Waals surface area contributed by atoms with Gasteiger partial charge in [0.25, 0.3) is 0 Å². The van der Waals surface area contributed by atoms with E-state index in [1.54, 1.807) is 6.07 Å². The van der Waals surface area contributed by atoms with Gasteiger partial charge in [-0.05, 0) is 18.6 Å². The highest BCUT2D eigenvalue weighted by Gasteiger charge is 1.98. The topological polar surface area (TPSA) is 40.5 Å². The van der Waals surface area contributed by atoms with Crippen molar-refractivity contribution in [3.63, 3.8) is 0 Å². The number of hydrogen-bond acceptors (Lipinski definition) is 2. The van der Waals surface area contributed by atoms with Crippen LogP contribution >= 0.6 is 0 Å². The molecule has 2 N–H and O–H groups in total. The summed E-state index contributed by atoms with van der Waals surface area (Å²) >= 11 is 0. The number of aliphatic hydroxyl groups excluding tert-OH is 1. The Hall–Kier alpha value is -1.46. The molecule has 0 aliphatic rings. The van der Waals surface area contributed by atoms with Gasteiger partial charge in [-0.15, -0.1) is 0 Å². The fourth-order valence-electron chi connectivity index (χ4n) is 0.973. The number of benzene rings is 1. The molecule has 0 spiro atoms. The van der Waals surface area contributed by atoms with Crippen molar-refractivity contribution >= 4 is 0 Å². The van der Waals surface area contributed by atoms with Crippen LogP contribution in [-0.2, 0) is 0 Å². The van der Waals surface area contributed by atoms with E-state index in [1.165, 1.54) is 0 Å². The van der Waals surface area contributed by atoms with Crippen molar-refractivity contribution in [3.05, 3.63) is 29.3 Å². The quantitative estimate of drug-likeness (QED) is 0.635. The highest BCUT2D eigenvalue weighted by molar-refractivity contribution is 5.49. The summed E-state index contributed by atoms with van der Waals surface area (Å²) in [6, 6.07) is 5.43. The maximum atomic E-state index is 9.53. The number of phenolic OH excluding ortho intramolecular Hbond substituents is 1. The number of rotatable bonds is 1. The molecule has 13 heavy (non-hydrogen) atoms. The van der Waals surface area contributed by atoms with Crippen molar-refractivity contribution in [2.75, 3.05) is 6.61 Å². The van der Waals surface area contributed by atoms with Gasteiger partial charge in [-0.25, -0.2) is 0 Å². The fraction of sp³-hybridized carbons (Fsp3) is 0.273. The van der Waals surface area contributed by atoms with Gasteiger partial charge in [0.05, 0.1) is 12.2 Å². The summed E-state index contributed by atoms with van der Waals surface area (Å²) < 4.78 is 0. The zero-order valence-corrected chi connectivity index (χ0v) is 7.54. The summed E-state index contributed by atoms with van der Waals surface area (Å²) in [5.41, 5.74) is 1.43. The number of aryl methyl sites for hydroxylation is 1. The Morgan fingerprint density at radius 1 is 1.38 bits per heavy atom. The molecule has 0 saturated heterocycles. The zero-order chi connectivity index (χ0) is 9.68. The Labute approximate surface area is 77.8 Å². The van der Waals surface area contributed by atoms with E-state index < -0.39 is 0 Å². The van der Waals surface area contributed by atoms with Crippen molar-refractivity contribution in [1.29, 1.82) is 0 Å². The van der Waals surface area contributed by atoms with Gasteiger partial charge in [0.15, 0.2) is 0 Å². The van der Waals surface area contributed by atoms with Gasteiger partial charge in [-0.1, -0.05) is 24.0 Å². The van der Waals surface area contributed by atoms with Crippen LogP contribution in [0.15, 0.2) is 18.2 Å². The first-order valence-electron chi connectivity index (χ1n) is 4.14. The Morgan fingerprint density at radius 3 is 2.85 bits per heavy atom. The van der Waals surface area contributed by atoms with Crippen LogP contribution < -0.4 is 0 Å². The lowest BCUT2D eigenvalue weighted by Crippen LogP contribution is -1.81. The molecule has 0 aliphatic carbocycles. The Kier molecular flexibility index (Phi) is 3.36. The average Bonchev–Trinajstić information content (AvgIpc) is 2.13. The van der Waals surface area contributed by atoms with Gasteiger partial charge in [0.1, 0.15) is 5.75 Å². The number of hydrogen-bond donors (Lipinski definition) is 2. The Morgan fingerprint density at radius 2 is 2.15 bits per heavy atom. The van der Waals surface area contributed by atoms with E-state index in [1.807, 2.05) is 19.1 Å². The van der Waals surface area contributed by atoms with Crippen LogP contribution in [0.4, 0.5) is 0 Å². The predicted molar refractivity (Wildman–Crippen MR) is 51.4 cm³/mol. The summed E-state index contributed by atoms with van der Waals surface area (Å²) in [6.07, 6.45) is 0.438. The monoisotopic (exact) mass is 176 g/mol. The molecule has 2 heteroatoms. The largest absolute Gasteiger partial charge is 0.506 e. The molecule has 0 aliphatic heterocycles. The lowest BCUT2D eigenvalue weighted by molar-refractivity contribution is 0.305. The van der Waals surface area contributed by atoms with E-state index >= 15 is 0 Å². The molecular formula is C11H12O2. The molecule has 0 amide bonds. The van der Waals surface area contributed by atoms with Gasteiger partial charge < -0.3 is 10.2 Å². The summed E-state index contributed by atoms with van der Waals surface area (Å²) in [6.45, 7) is 1.88. The molecular weight excluding hydrogens is 164 g/mol. The molecule has 68 valence electrons. The Balaban J connectivity index is 2.91. The minimum atomic E-state index is 0.0551. The highest BCUT2D eigenvalue weighted by Crippen LogP contribution is 2.19. The molecule has 1 aromatic rings. The van der Waals surface area contributed by atoms with E-state index in [9.17, 15) is 5.11 Å². The summed E-state index contributed by atoms with van der Waals surface area (Å²) in [4.78, 5) is 0. The fourth-order valence-corrected chi connectivity index (χ4v) is 0.973. The van der Waals surface area contributed by atoms with Crippen molar-refractivity contribution < 1.29 is 10.2 Å². The average molecular weight is 176 g/mol. The van der Waals surface area contributed by atoms with Crippen LogP contribution in [0.2, 0.25) is 0 Å². The number of aliphatic hydroxyl groups is 1. The standard InChI is InChI=1S/C11H12O2/c1-9-5-4-7-10(11(9)13)6-2-3-8-12/h4-5,7,12-13H,3,8H2,1H3. The van der Waals surface area contributed by atoms with E-state index in [-0.39, 0.29) is 12.4 Å². The second-order valence-corrected chi connectivity index (χ2v) is 2.75. The third-order valence-corrected chi connectivity index (χ3v) is 1.70. The summed E-state index contributed by atoms with van der Waals surface area (Å²) in [5.74, 6) is 5.78. The van der Waals surface area contributed by atoms with Gasteiger partial charge >= 0.3 is 0 Å². The molecule has 0 radical (unpaired) electrons. The summed E-state index contributed by atoms with van der Waals surface area (Å²) in [7, 11) is 0. The molecule has 1 rings (SSSR count). The molecule has 0 heterocycles. The van der Waals surface area contributed by atoms with E-state index in [0.717, 1.165) is 5.56 Å². The van der Waals surface area contributed by atoms with Crippen LogP contribution in [0.3, 0.4) is 0 Å². The number of aromatic hydroxyl groups is 1. The third kappa shape index (κ3) is 2.50. The van der Waals surface area contributed by atoms with Gasteiger partial charge in [0, 0.05) is 6.42 Å². The third-order valence-electron chi connectivity index (χ3n) is 1.70. The lowest BCUT2D eigenvalue weighted by atomic mass is 10.1. The van der Waals surface area contributed by atoms with Crippen molar-refractivity contribution in [1.82, 2.24) is 0 Å². The SMILES string of the molecule is Cc1cccc(C#CCCO)c1O. The predicted octanol–water partition coefficient (Wildman–Crippen LogP) is 1.43. The second kappa shape index (κ2) is 4.54. The smallest absolute Gasteiger partial charge is 0.134 e. The van der Waals surface area contributed by atoms with Crippen molar-refractivity contribution in [2.24, 2.45) is 0 Å². The molecule has 0 aromatic heterocycles. The van der Waals surface area contributed by atoms with Crippen LogP contribution in [0.25, 0.3) is 0 Å². The van der Waals surface area contributed by atoms with Crippen LogP contribution in [0.1, 0.15) is 17.5 Å². The first-order valence-corrected chi connectivity index (χ1v) is 4.14. The minimum Gasteiger partial charge on any atom is -0.506 e. The second-order valence-electron chi connectivity index (χ2n) is 2.75. The molecule has 1 aromatic carbocycles. The van der Waals surface area contributed by atoms with Gasteiger partial charge in [0.2, 0.25) is 0 Å². The van der Waals surface area contributed by atoms with Crippen LogP contribution in [-0.4, -0.2) is 16.8 Å². The lowest BCUT2D eigenvalue weighted by Gasteiger charge is -1.99. The first kappa shape index (κ1) is 9.63. The Bertz CT molecular complexity index is 345. The molecule has 0 atom stereocenters. The molecule has 2 nitrogen and oxygen atoms in total. The van der Waals surface area contributed by atoms with Crippen molar-refractivity contribution in [2.45, 2.75) is 13.3 Å². The van der Waals surface area contributed by atoms with E-state index in [0.29, 0.717) is 12.0 Å². The van der Waals surface area contributed by atoms with Crippen molar-refractivity contribution in [3.8, 4) is 17.6 Å². The summed E-state index contributed by atoms with van der Waals surface area (Å²) in [5, 5.41) is 18.0. The molecule has 0 unspecified atom stereocenters. The maximum absolute atomic E-state index is 9.53. The normalized spacial score (nSPS) is 9.08. The molecule has 0 saturated carbocycles. The maximum Gasteiger partial charge on any atom is 0.134 e. The van der Waals surface area contributed by atoms with E-state index in [2.05, 4.69) is 11.8 Å².